The van der Waals surface area contributed by atoms with Crippen molar-refractivity contribution in [2.75, 3.05) is 33.7 Å². The Labute approximate surface area is 168 Å². The molecule has 152 valence electrons. The van der Waals surface area contributed by atoms with Crippen molar-refractivity contribution in [1.82, 2.24) is 14.7 Å². The van der Waals surface area contributed by atoms with Crippen LogP contribution in [0.5, 0.6) is 0 Å². The lowest BCUT2D eigenvalue weighted by Gasteiger charge is -2.31. The smallest absolute Gasteiger partial charge is 0.317 e. The van der Waals surface area contributed by atoms with Crippen molar-refractivity contribution in [2.24, 2.45) is 0 Å². The molecule has 1 fully saturated rings. The standard InChI is InChI=1S/C20H31N3O3.ClH/c1-16(20(26)22(3)14-17-8-5-4-6-9-17)23-12-7-10-18(11-13-23)21(2)15-19(24)25;/h4-6,8-9,16,18H,7,10-15H2,1-3H3,(H,24,25);1H. The first-order valence-corrected chi connectivity index (χ1v) is 9.33. The molecular weight excluding hydrogens is 366 g/mol. The summed E-state index contributed by atoms with van der Waals surface area (Å²) in [4.78, 5) is 29.7. The molecule has 1 saturated heterocycles. The number of benzene rings is 1. The number of hydrogen-bond donors (Lipinski definition) is 1. The normalized spacial score (nSPS) is 19.0. The fraction of sp³-hybridized carbons (Fsp3) is 0.600. The average Bonchev–Trinajstić information content (AvgIpc) is 2.87. The maximum atomic E-state index is 12.8. The first kappa shape index (κ1) is 23.4. The molecule has 1 heterocycles. The molecule has 7 heteroatoms. The van der Waals surface area contributed by atoms with Crippen LogP contribution in [-0.4, -0.2) is 77.5 Å². The van der Waals surface area contributed by atoms with E-state index in [1.54, 1.807) is 4.90 Å². The highest BCUT2D eigenvalue weighted by Crippen LogP contribution is 2.18. The molecule has 0 spiro atoms. The number of carboxylic acid groups (broad SMARTS) is 1. The van der Waals surface area contributed by atoms with Gasteiger partial charge in [0.1, 0.15) is 0 Å². The van der Waals surface area contributed by atoms with Crippen LogP contribution in [0.1, 0.15) is 31.7 Å². The summed E-state index contributed by atoms with van der Waals surface area (Å²) in [7, 11) is 3.73. The molecular formula is C20H32ClN3O3. The van der Waals surface area contributed by atoms with Gasteiger partial charge in [-0.15, -0.1) is 12.4 Å². The number of carboxylic acids is 1. The third-order valence-electron chi connectivity index (χ3n) is 5.28. The van der Waals surface area contributed by atoms with Gasteiger partial charge in [-0.05, 0) is 45.3 Å². The lowest BCUT2D eigenvalue weighted by Crippen LogP contribution is -2.46. The van der Waals surface area contributed by atoms with Crippen LogP contribution in [0.3, 0.4) is 0 Å². The van der Waals surface area contributed by atoms with Gasteiger partial charge < -0.3 is 10.0 Å². The van der Waals surface area contributed by atoms with Crippen LogP contribution in [0.4, 0.5) is 0 Å². The summed E-state index contributed by atoms with van der Waals surface area (Å²) >= 11 is 0. The fourth-order valence-corrected chi connectivity index (χ4v) is 3.68. The first-order valence-electron chi connectivity index (χ1n) is 9.33. The molecule has 27 heavy (non-hydrogen) atoms. The minimum absolute atomic E-state index is 0. The summed E-state index contributed by atoms with van der Waals surface area (Å²) < 4.78 is 0. The van der Waals surface area contributed by atoms with E-state index in [2.05, 4.69) is 4.90 Å². The Kier molecular flexibility index (Phi) is 9.77. The number of hydrogen-bond acceptors (Lipinski definition) is 4. The number of nitrogens with zero attached hydrogens (tertiary/aromatic N) is 3. The predicted molar refractivity (Wildman–Crippen MR) is 109 cm³/mol. The van der Waals surface area contributed by atoms with Gasteiger partial charge in [0.05, 0.1) is 12.6 Å². The number of halogens is 1. The van der Waals surface area contributed by atoms with Crippen LogP contribution in [-0.2, 0) is 16.1 Å². The number of carbonyl (C=O) groups is 2. The summed E-state index contributed by atoms with van der Waals surface area (Å²) in [6.07, 6.45) is 2.85. The van der Waals surface area contributed by atoms with Crippen LogP contribution < -0.4 is 0 Å². The summed E-state index contributed by atoms with van der Waals surface area (Å²) in [6, 6.07) is 10.1. The molecule has 2 rings (SSSR count). The van der Waals surface area contributed by atoms with Gasteiger partial charge in [0.25, 0.3) is 0 Å². The maximum absolute atomic E-state index is 12.8. The van der Waals surface area contributed by atoms with Gasteiger partial charge in [-0.1, -0.05) is 30.3 Å². The second-order valence-electron chi connectivity index (χ2n) is 7.29. The topological polar surface area (TPSA) is 64.1 Å². The lowest BCUT2D eigenvalue weighted by molar-refractivity contribution is -0.138. The number of amides is 1. The molecule has 1 aliphatic rings. The summed E-state index contributed by atoms with van der Waals surface area (Å²) in [5.41, 5.74) is 1.13. The molecule has 1 aliphatic heterocycles. The highest BCUT2D eigenvalue weighted by Gasteiger charge is 2.28. The number of carbonyl (C=O) groups excluding carboxylic acids is 1. The Hall–Kier alpha value is -1.63. The molecule has 0 aliphatic carbocycles. The van der Waals surface area contributed by atoms with Crippen molar-refractivity contribution >= 4 is 24.3 Å². The summed E-state index contributed by atoms with van der Waals surface area (Å²) in [5.74, 6) is -0.661. The van der Waals surface area contributed by atoms with E-state index in [9.17, 15) is 9.59 Å². The minimum Gasteiger partial charge on any atom is -0.480 e. The third-order valence-corrected chi connectivity index (χ3v) is 5.28. The van der Waals surface area contributed by atoms with Gasteiger partial charge in [0.15, 0.2) is 0 Å². The van der Waals surface area contributed by atoms with E-state index < -0.39 is 5.97 Å². The number of rotatable bonds is 7. The average molecular weight is 398 g/mol. The van der Waals surface area contributed by atoms with E-state index in [4.69, 9.17) is 5.11 Å². The highest BCUT2D eigenvalue weighted by atomic mass is 35.5. The Bertz CT molecular complexity index is 599. The number of likely N-dealkylation sites (N-methyl/N-ethyl adjacent to an activating group) is 2. The Morgan fingerprint density at radius 1 is 1.19 bits per heavy atom. The van der Waals surface area contributed by atoms with Crippen LogP contribution in [0.25, 0.3) is 0 Å². The zero-order valence-corrected chi connectivity index (χ0v) is 17.3. The van der Waals surface area contributed by atoms with E-state index in [1.165, 1.54) is 0 Å². The molecule has 0 radical (unpaired) electrons. The fourth-order valence-electron chi connectivity index (χ4n) is 3.68. The summed E-state index contributed by atoms with van der Waals surface area (Å²) in [6.45, 7) is 4.36. The van der Waals surface area contributed by atoms with Crippen molar-refractivity contribution in [3.8, 4) is 0 Å². The largest absolute Gasteiger partial charge is 0.480 e. The van der Waals surface area contributed by atoms with Crippen molar-refractivity contribution in [1.29, 1.82) is 0 Å². The molecule has 0 saturated carbocycles. The van der Waals surface area contributed by atoms with Gasteiger partial charge in [0, 0.05) is 26.2 Å². The zero-order valence-electron chi connectivity index (χ0n) is 16.5. The maximum Gasteiger partial charge on any atom is 0.317 e. The van der Waals surface area contributed by atoms with E-state index in [0.717, 1.165) is 37.9 Å². The Balaban J connectivity index is 0.00000364. The molecule has 6 nitrogen and oxygen atoms in total. The zero-order chi connectivity index (χ0) is 19.1. The second kappa shape index (κ2) is 11.3. The number of aliphatic carboxylic acids is 1. The van der Waals surface area contributed by atoms with Gasteiger partial charge in [-0.2, -0.15) is 0 Å². The Morgan fingerprint density at radius 2 is 1.85 bits per heavy atom. The molecule has 1 aromatic rings. The Morgan fingerprint density at radius 3 is 2.48 bits per heavy atom. The predicted octanol–water partition coefficient (Wildman–Crippen LogP) is 2.33. The van der Waals surface area contributed by atoms with Crippen molar-refractivity contribution in [2.45, 2.75) is 44.8 Å². The quantitative estimate of drug-likeness (QED) is 0.765. The van der Waals surface area contributed by atoms with Crippen LogP contribution >= 0.6 is 12.4 Å². The third kappa shape index (κ3) is 7.13. The molecule has 0 aromatic heterocycles. The van der Waals surface area contributed by atoms with Gasteiger partial charge in [0.2, 0.25) is 5.91 Å². The molecule has 2 atom stereocenters. The van der Waals surface area contributed by atoms with Gasteiger partial charge in [-0.25, -0.2) is 0 Å². The van der Waals surface area contributed by atoms with Crippen LogP contribution in [0, 0.1) is 0 Å². The first-order chi connectivity index (χ1) is 12.4. The van der Waals surface area contributed by atoms with Crippen LogP contribution in [0.15, 0.2) is 30.3 Å². The van der Waals surface area contributed by atoms with E-state index in [-0.39, 0.29) is 36.9 Å². The lowest BCUT2D eigenvalue weighted by atomic mass is 10.1. The van der Waals surface area contributed by atoms with E-state index in [0.29, 0.717) is 6.54 Å². The van der Waals surface area contributed by atoms with E-state index >= 15 is 0 Å². The van der Waals surface area contributed by atoms with Crippen molar-refractivity contribution < 1.29 is 14.7 Å². The molecule has 1 N–H and O–H groups in total. The highest BCUT2D eigenvalue weighted by molar-refractivity contribution is 5.85. The van der Waals surface area contributed by atoms with Crippen molar-refractivity contribution in [3.63, 3.8) is 0 Å². The van der Waals surface area contributed by atoms with Gasteiger partial charge in [-0.3, -0.25) is 19.4 Å². The SMILES string of the molecule is CC(C(=O)N(C)Cc1ccccc1)N1CCCC(N(C)CC(=O)O)CC1.Cl. The second-order valence-corrected chi connectivity index (χ2v) is 7.29. The monoisotopic (exact) mass is 397 g/mol. The summed E-state index contributed by atoms with van der Waals surface area (Å²) in [5, 5.41) is 8.98. The van der Waals surface area contributed by atoms with Crippen molar-refractivity contribution in [3.05, 3.63) is 35.9 Å². The molecule has 1 aromatic carbocycles. The number of likely N-dealkylation sites (tertiary alicyclic amines) is 1. The molecule has 0 bridgehead atoms. The molecule has 2 unspecified atom stereocenters. The van der Waals surface area contributed by atoms with Gasteiger partial charge >= 0.3 is 5.97 Å². The van der Waals surface area contributed by atoms with Crippen LogP contribution in [0.2, 0.25) is 0 Å². The minimum atomic E-state index is -0.792. The van der Waals surface area contributed by atoms with E-state index in [1.807, 2.05) is 56.3 Å². The molecule has 1 amide bonds.